The van der Waals surface area contributed by atoms with Gasteiger partial charge < -0.3 is 14.7 Å². The quantitative estimate of drug-likeness (QED) is 0.293. The molecule has 1 N–H and O–H groups in total. The molecule has 4 aliphatic rings. The van der Waals surface area contributed by atoms with Crippen LogP contribution in [0.3, 0.4) is 0 Å². The van der Waals surface area contributed by atoms with E-state index < -0.39 is 11.7 Å². The molecule has 1 aliphatic heterocycles. The number of aliphatic hydroxyl groups is 1. The molecule has 4 rings (SSSR count). The maximum atomic E-state index is 13.3. The molecule has 1 saturated heterocycles. The number of allylic oxidation sites excluding steroid dienone is 9. The number of hydrogen-bond donors (Lipinski definition) is 1. The summed E-state index contributed by atoms with van der Waals surface area (Å²) in [5, 5.41) is 10.8. The van der Waals surface area contributed by atoms with Crippen molar-refractivity contribution in [2.75, 3.05) is 13.1 Å². The van der Waals surface area contributed by atoms with E-state index in [0.717, 1.165) is 67.5 Å². The van der Waals surface area contributed by atoms with Crippen molar-refractivity contribution in [3.8, 4) is 0 Å². The Morgan fingerprint density at radius 3 is 2.30 bits per heavy atom. The summed E-state index contributed by atoms with van der Waals surface area (Å²) in [6.45, 7) is 13.5. The molecule has 0 bridgehead atoms. The first kappa shape index (κ1) is 30.3. The summed E-state index contributed by atoms with van der Waals surface area (Å²) in [6, 6.07) is 0. The van der Waals surface area contributed by atoms with E-state index in [1.165, 1.54) is 12.0 Å². The Labute approximate surface area is 241 Å². The Morgan fingerprint density at radius 2 is 1.62 bits per heavy atom. The zero-order valence-electron chi connectivity index (χ0n) is 25.1. The fourth-order valence-electron chi connectivity index (χ4n) is 6.65. The lowest BCUT2D eigenvalue weighted by molar-refractivity contribution is -0.160. The van der Waals surface area contributed by atoms with E-state index in [9.17, 15) is 14.7 Å². The molecule has 218 valence electrons. The zero-order chi connectivity index (χ0) is 28.9. The van der Waals surface area contributed by atoms with Crippen LogP contribution >= 0.6 is 0 Å². The number of esters is 1. The SMILES string of the molecule is C=CC1C/C(=C/C2=CC(=C/C3=CC(=C/C)/CC(C(=O)OC(C)(C)C)C3)/CC(O)C2)CC(C(=O)N2CCCCC2)C1. The van der Waals surface area contributed by atoms with Crippen LogP contribution in [0.5, 0.6) is 0 Å². The van der Waals surface area contributed by atoms with Gasteiger partial charge in [-0.2, -0.15) is 0 Å². The first-order valence-corrected chi connectivity index (χ1v) is 15.3. The molecule has 4 unspecified atom stereocenters. The predicted molar refractivity (Wildman–Crippen MR) is 161 cm³/mol. The van der Waals surface area contributed by atoms with Gasteiger partial charge in [0.05, 0.1) is 12.0 Å². The second-order valence-electron chi connectivity index (χ2n) is 13.2. The van der Waals surface area contributed by atoms with Crippen LogP contribution < -0.4 is 0 Å². The van der Waals surface area contributed by atoms with Crippen LogP contribution in [0.25, 0.3) is 0 Å². The maximum absolute atomic E-state index is 13.3. The number of nitrogens with zero attached hydrogens (tertiary/aromatic N) is 1. The van der Waals surface area contributed by atoms with E-state index in [4.69, 9.17) is 4.74 Å². The summed E-state index contributed by atoms with van der Waals surface area (Å²) in [4.78, 5) is 28.3. The molecule has 0 aromatic rings. The van der Waals surface area contributed by atoms with E-state index >= 15 is 0 Å². The normalized spacial score (nSPS) is 31.1. The fourth-order valence-corrected chi connectivity index (χ4v) is 6.65. The van der Waals surface area contributed by atoms with Gasteiger partial charge in [-0.15, -0.1) is 6.58 Å². The Kier molecular flexibility index (Phi) is 10.1. The summed E-state index contributed by atoms with van der Waals surface area (Å²) < 4.78 is 5.70. The minimum absolute atomic E-state index is 0.0154. The molecule has 0 aromatic heterocycles. The first-order chi connectivity index (χ1) is 19.0. The van der Waals surface area contributed by atoms with Gasteiger partial charge in [0.15, 0.2) is 0 Å². The van der Waals surface area contributed by atoms with Gasteiger partial charge in [0.2, 0.25) is 5.91 Å². The number of hydrogen-bond acceptors (Lipinski definition) is 4. The topological polar surface area (TPSA) is 66.8 Å². The van der Waals surface area contributed by atoms with E-state index in [1.807, 2.05) is 33.8 Å². The molecule has 1 saturated carbocycles. The highest BCUT2D eigenvalue weighted by Gasteiger charge is 2.33. The number of amides is 1. The van der Waals surface area contributed by atoms with Crippen molar-refractivity contribution in [1.29, 1.82) is 0 Å². The Bertz CT molecular complexity index is 1120. The zero-order valence-corrected chi connectivity index (χ0v) is 25.1. The predicted octanol–water partition coefficient (Wildman–Crippen LogP) is 7.16. The summed E-state index contributed by atoms with van der Waals surface area (Å²) >= 11 is 0. The van der Waals surface area contributed by atoms with Crippen LogP contribution in [0.4, 0.5) is 0 Å². The van der Waals surface area contributed by atoms with E-state index in [2.05, 4.69) is 41.9 Å². The van der Waals surface area contributed by atoms with Crippen LogP contribution in [0, 0.1) is 17.8 Å². The lowest BCUT2D eigenvalue weighted by atomic mass is 9.76. The highest BCUT2D eigenvalue weighted by atomic mass is 16.6. The Balaban J connectivity index is 1.53. The maximum Gasteiger partial charge on any atom is 0.310 e. The third-order valence-corrected chi connectivity index (χ3v) is 8.49. The Morgan fingerprint density at radius 1 is 0.925 bits per heavy atom. The molecule has 5 nitrogen and oxygen atoms in total. The summed E-state index contributed by atoms with van der Waals surface area (Å²) in [7, 11) is 0. The number of carbonyl (C=O) groups excluding carboxylic acids is 2. The van der Waals surface area contributed by atoms with Gasteiger partial charge in [-0.25, -0.2) is 0 Å². The third kappa shape index (κ3) is 8.42. The summed E-state index contributed by atoms with van der Waals surface area (Å²) in [5.41, 5.74) is 5.20. The van der Waals surface area contributed by atoms with Crippen LogP contribution in [0.2, 0.25) is 0 Å². The van der Waals surface area contributed by atoms with E-state index in [1.54, 1.807) is 0 Å². The second-order valence-corrected chi connectivity index (χ2v) is 13.2. The lowest BCUT2D eigenvalue weighted by Gasteiger charge is -2.35. The van der Waals surface area contributed by atoms with Crippen molar-refractivity contribution >= 4 is 11.9 Å². The summed E-state index contributed by atoms with van der Waals surface area (Å²) in [6.07, 6.45) is 21.0. The van der Waals surface area contributed by atoms with E-state index in [0.29, 0.717) is 37.5 Å². The van der Waals surface area contributed by atoms with Gasteiger partial charge in [-0.3, -0.25) is 9.59 Å². The van der Waals surface area contributed by atoms with Gasteiger partial charge in [-0.05, 0) is 115 Å². The van der Waals surface area contributed by atoms with Gasteiger partial charge in [0.25, 0.3) is 0 Å². The molecule has 4 atom stereocenters. The van der Waals surface area contributed by atoms with Crippen LogP contribution in [-0.4, -0.2) is 46.7 Å². The van der Waals surface area contributed by atoms with Crippen molar-refractivity contribution in [2.24, 2.45) is 17.8 Å². The molecule has 5 heteroatoms. The monoisotopic (exact) mass is 547 g/mol. The smallest absolute Gasteiger partial charge is 0.310 e. The number of carbonyl (C=O) groups is 2. The average Bonchev–Trinajstić information content (AvgIpc) is 2.91. The van der Waals surface area contributed by atoms with Crippen LogP contribution in [0.1, 0.15) is 91.9 Å². The van der Waals surface area contributed by atoms with Crippen LogP contribution in [-0.2, 0) is 14.3 Å². The molecule has 3 aliphatic carbocycles. The molecule has 1 amide bonds. The molecule has 40 heavy (non-hydrogen) atoms. The molecule has 0 spiro atoms. The van der Waals surface area contributed by atoms with Gasteiger partial charge >= 0.3 is 5.97 Å². The van der Waals surface area contributed by atoms with Crippen molar-refractivity contribution in [3.05, 3.63) is 70.9 Å². The molecular weight excluding hydrogens is 498 g/mol. The summed E-state index contributed by atoms with van der Waals surface area (Å²) in [5.74, 6) is 0.275. The fraction of sp³-hybridized carbons (Fsp3) is 0.600. The van der Waals surface area contributed by atoms with Gasteiger partial charge in [0, 0.05) is 19.0 Å². The van der Waals surface area contributed by atoms with Crippen molar-refractivity contribution < 1.29 is 19.4 Å². The molecular formula is C35H49NO4. The lowest BCUT2D eigenvalue weighted by Crippen LogP contribution is -2.41. The molecule has 0 radical (unpaired) electrons. The molecule has 1 heterocycles. The van der Waals surface area contributed by atoms with Gasteiger partial charge in [0.1, 0.15) is 5.60 Å². The van der Waals surface area contributed by atoms with E-state index in [-0.39, 0.29) is 17.8 Å². The minimum Gasteiger partial charge on any atom is -0.460 e. The largest absolute Gasteiger partial charge is 0.460 e. The van der Waals surface area contributed by atoms with Crippen molar-refractivity contribution in [1.82, 2.24) is 4.90 Å². The first-order valence-electron chi connectivity index (χ1n) is 15.3. The Hall–Kier alpha value is -2.66. The minimum atomic E-state index is -0.507. The standard InChI is InChI=1S/C35H49NO4/c1-6-24-13-26(20-30(18-24)33(38)36-11-9-8-10-12-36)15-28-17-29(23-32(37)22-28)16-27-14-25(7-2)19-31(21-27)34(39)40-35(3,4)5/h6-7,14-17,24,30-32,37H,1,8-13,18-23H2,2-5H3/b25-7-,26-15-,29-16-. The number of rotatable bonds is 5. The second kappa shape index (κ2) is 13.3. The number of aliphatic hydroxyl groups excluding tert-OH is 1. The third-order valence-electron chi connectivity index (χ3n) is 8.49. The molecule has 0 aromatic carbocycles. The number of likely N-dealkylation sites (tertiary alicyclic amines) is 1. The number of ether oxygens (including phenoxy) is 1. The van der Waals surface area contributed by atoms with Crippen molar-refractivity contribution in [3.63, 3.8) is 0 Å². The molecule has 2 fully saturated rings. The van der Waals surface area contributed by atoms with Crippen molar-refractivity contribution in [2.45, 2.75) is 104 Å². The van der Waals surface area contributed by atoms with Gasteiger partial charge in [-0.1, -0.05) is 47.6 Å². The average molecular weight is 548 g/mol. The number of piperidine rings is 1. The highest BCUT2D eigenvalue weighted by Crippen LogP contribution is 2.38. The van der Waals surface area contributed by atoms with Crippen LogP contribution in [0.15, 0.2) is 70.9 Å². The highest BCUT2D eigenvalue weighted by molar-refractivity contribution is 5.79.